The van der Waals surface area contributed by atoms with E-state index in [9.17, 15) is 18.8 Å². The Hall–Kier alpha value is -4.46. The van der Waals surface area contributed by atoms with Gasteiger partial charge in [-0.25, -0.2) is 9.18 Å². The molecule has 4 rings (SSSR count). The topological polar surface area (TPSA) is 98.7 Å². The summed E-state index contributed by atoms with van der Waals surface area (Å²) in [5, 5.41) is 14.1. The molecule has 0 unspecified atom stereocenters. The molecule has 1 aliphatic rings. The Morgan fingerprint density at radius 1 is 0.947 bits per heavy atom. The van der Waals surface area contributed by atoms with E-state index in [2.05, 4.69) is 16.7 Å². The van der Waals surface area contributed by atoms with Crippen LogP contribution in [0.2, 0.25) is 0 Å². The lowest BCUT2D eigenvalue weighted by Crippen LogP contribution is -2.34. The lowest BCUT2D eigenvalue weighted by atomic mass is 9.93. The van der Waals surface area contributed by atoms with Gasteiger partial charge in [-0.15, -0.1) is 0 Å². The minimum atomic E-state index is -0.985. The first kappa shape index (κ1) is 26.6. The summed E-state index contributed by atoms with van der Waals surface area (Å²) >= 11 is 0. The number of carboxylic acids is 1. The fourth-order valence-electron chi connectivity index (χ4n) is 4.32. The molecule has 0 atom stereocenters. The second-order valence-corrected chi connectivity index (χ2v) is 9.15. The van der Waals surface area contributed by atoms with Gasteiger partial charge in [0.15, 0.2) is 0 Å². The maximum Gasteiger partial charge on any atom is 0.326 e. The van der Waals surface area contributed by atoms with Crippen LogP contribution >= 0.6 is 0 Å². The number of hydrogen-bond donors (Lipinski definition) is 3. The second-order valence-electron chi connectivity index (χ2n) is 9.15. The van der Waals surface area contributed by atoms with Crippen LogP contribution in [0.3, 0.4) is 0 Å². The molecule has 0 saturated carbocycles. The van der Waals surface area contributed by atoms with Gasteiger partial charge in [-0.2, -0.15) is 0 Å². The molecule has 3 aromatic carbocycles. The van der Waals surface area contributed by atoms with Crippen LogP contribution in [0.1, 0.15) is 53.6 Å². The number of halogens is 1. The molecule has 3 amide bonds. The first-order chi connectivity index (χ1) is 18.4. The Labute approximate surface area is 221 Å². The van der Waals surface area contributed by atoms with Crippen molar-refractivity contribution in [2.45, 2.75) is 38.6 Å². The van der Waals surface area contributed by atoms with Crippen LogP contribution < -0.4 is 15.5 Å². The molecule has 0 fully saturated rings. The molecule has 1 aliphatic carbocycles. The van der Waals surface area contributed by atoms with Gasteiger partial charge < -0.3 is 15.7 Å². The third-order valence-corrected chi connectivity index (χ3v) is 6.34. The molecule has 0 spiro atoms. The van der Waals surface area contributed by atoms with E-state index in [0.29, 0.717) is 16.9 Å². The van der Waals surface area contributed by atoms with Crippen molar-refractivity contribution in [2.75, 3.05) is 16.8 Å². The number of benzene rings is 3. The molecule has 8 heteroatoms. The Balaban J connectivity index is 1.52. The molecule has 38 heavy (non-hydrogen) atoms. The Morgan fingerprint density at radius 3 is 2.37 bits per heavy atom. The highest BCUT2D eigenvalue weighted by Gasteiger charge is 2.18. The summed E-state index contributed by atoms with van der Waals surface area (Å²) < 4.78 is 13.7. The number of carbonyl (C=O) groups excluding carboxylic acids is 2. The molecule has 0 heterocycles. The van der Waals surface area contributed by atoms with Crippen LogP contribution in [-0.4, -0.2) is 29.6 Å². The second kappa shape index (κ2) is 12.7. The van der Waals surface area contributed by atoms with Gasteiger partial charge in [0.2, 0.25) is 0 Å². The zero-order valence-corrected chi connectivity index (χ0v) is 21.0. The lowest BCUT2D eigenvalue weighted by Gasteiger charge is -2.24. The van der Waals surface area contributed by atoms with Gasteiger partial charge in [-0.3, -0.25) is 14.5 Å². The number of anilines is 2. The van der Waals surface area contributed by atoms with Crippen molar-refractivity contribution in [3.8, 4) is 0 Å². The number of amides is 3. The average Bonchev–Trinajstić information content (AvgIpc) is 2.92. The zero-order chi connectivity index (χ0) is 26.9. The molecule has 0 saturated heterocycles. The molecule has 3 aromatic rings. The summed E-state index contributed by atoms with van der Waals surface area (Å²) in [5.41, 5.74) is 4.64. The van der Waals surface area contributed by atoms with Gasteiger partial charge in [-0.05, 0) is 84.8 Å². The van der Waals surface area contributed by atoms with Gasteiger partial charge in [0.05, 0.1) is 13.0 Å². The normalized spacial score (nSPS) is 12.8. The van der Waals surface area contributed by atoms with Crippen LogP contribution in [0, 0.1) is 5.82 Å². The third-order valence-electron chi connectivity index (χ3n) is 6.34. The van der Waals surface area contributed by atoms with Crippen molar-refractivity contribution >= 4 is 34.9 Å². The Kier molecular flexibility index (Phi) is 8.87. The monoisotopic (exact) mass is 515 g/mol. The minimum absolute atomic E-state index is 0.0385. The fourth-order valence-corrected chi connectivity index (χ4v) is 4.32. The molecule has 0 aromatic heterocycles. The summed E-state index contributed by atoms with van der Waals surface area (Å²) in [5.74, 6) is -1.80. The first-order valence-corrected chi connectivity index (χ1v) is 12.6. The number of aliphatic carboxylic acids is 1. The van der Waals surface area contributed by atoms with Crippen molar-refractivity contribution < 1.29 is 23.9 Å². The lowest BCUT2D eigenvalue weighted by molar-refractivity contribution is -0.136. The fraction of sp³-hybridized carbons (Fsp3) is 0.233. The van der Waals surface area contributed by atoms with E-state index in [1.54, 1.807) is 35.2 Å². The van der Waals surface area contributed by atoms with E-state index in [-0.39, 0.29) is 25.4 Å². The van der Waals surface area contributed by atoms with Crippen molar-refractivity contribution in [2.24, 2.45) is 0 Å². The number of nitrogens with zero attached hydrogens (tertiary/aromatic N) is 1. The van der Waals surface area contributed by atoms with Gasteiger partial charge >= 0.3 is 12.0 Å². The highest BCUT2D eigenvalue weighted by atomic mass is 19.1. The quantitative estimate of drug-likeness (QED) is 0.315. The number of urea groups is 1. The molecule has 7 nitrogen and oxygen atoms in total. The highest BCUT2D eigenvalue weighted by Crippen LogP contribution is 2.29. The summed E-state index contributed by atoms with van der Waals surface area (Å²) in [6.45, 7) is 0.251. The molecule has 3 N–H and O–H groups in total. The smallest absolute Gasteiger partial charge is 0.326 e. The van der Waals surface area contributed by atoms with Gasteiger partial charge in [0.1, 0.15) is 5.82 Å². The summed E-state index contributed by atoms with van der Waals surface area (Å²) in [6.07, 6.45) is 6.61. The van der Waals surface area contributed by atoms with E-state index in [1.165, 1.54) is 36.6 Å². The number of allylic oxidation sites excluding steroid dienone is 2. The largest absolute Gasteiger partial charge is 0.481 e. The summed E-state index contributed by atoms with van der Waals surface area (Å²) in [4.78, 5) is 37.8. The standard InChI is InChI=1S/C30H30FN3O4/c31-25-7-4-8-26(19-25)33-30(38)34(27-15-13-23(14-16-27)22-5-2-1-3-6-22)20-21-9-11-24(12-10-21)29(37)32-18-17-28(35)36/h4-5,7-16,19H,1-3,6,17-18,20H2,(H,32,37)(H,33,38)(H,35,36). The van der Waals surface area contributed by atoms with E-state index >= 15 is 0 Å². The maximum atomic E-state index is 13.7. The van der Waals surface area contributed by atoms with Crippen molar-refractivity contribution in [1.82, 2.24) is 5.32 Å². The van der Waals surface area contributed by atoms with Crippen LogP contribution in [0.5, 0.6) is 0 Å². The van der Waals surface area contributed by atoms with Gasteiger partial charge in [-0.1, -0.05) is 36.4 Å². The Morgan fingerprint density at radius 2 is 1.71 bits per heavy atom. The minimum Gasteiger partial charge on any atom is -0.481 e. The van der Waals surface area contributed by atoms with E-state index in [0.717, 1.165) is 24.0 Å². The van der Waals surface area contributed by atoms with E-state index in [1.807, 2.05) is 24.3 Å². The molecular weight excluding hydrogens is 485 g/mol. The van der Waals surface area contributed by atoms with Gasteiger partial charge in [0.25, 0.3) is 5.91 Å². The number of hydrogen-bond acceptors (Lipinski definition) is 3. The van der Waals surface area contributed by atoms with Crippen molar-refractivity contribution in [1.29, 1.82) is 0 Å². The predicted molar refractivity (Wildman–Crippen MR) is 146 cm³/mol. The highest BCUT2D eigenvalue weighted by molar-refractivity contribution is 6.01. The third kappa shape index (κ3) is 7.29. The molecule has 0 bridgehead atoms. The van der Waals surface area contributed by atoms with E-state index < -0.39 is 17.8 Å². The average molecular weight is 516 g/mol. The molecular formula is C30H30FN3O4. The van der Waals surface area contributed by atoms with Crippen LogP contribution in [0.25, 0.3) is 5.57 Å². The van der Waals surface area contributed by atoms with Crippen molar-refractivity contribution in [3.63, 3.8) is 0 Å². The maximum absolute atomic E-state index is 13.7. The number of nitrogens with one attached hydrogen (secondary N) is 2. The molecule has 0 radical (unpaired) electrons. The van der Waals surface area contributed by atoms with Crippen LogP contribution in [0.15, 0.2) is 78.9 Å². The molecule has 0 aliphatic heterocycles. The SMILES string of the molecule is O=C(O)CCNC(=O)c1ccc(CN(C(=O)Nc2cccc(F)c2)c2ccc(C3=CCCCC3)cc2)cc1. The van der Waals surface area contributed by atoms with E-state index in [4.69, 9.17) is 5.11 Å². The Bertz CT molecular complexity index is 1320. The van der Waals surface area contributed by atoms with Gasteiger partial charge in [0, 0.05) is 23.5 Å². The number of rotatable bonds is 9. The zero-order valence-electron chi connectivity index (χ0n) is 21.0. The first-order valence-electron chi connectivity index (χ1n) is 12.6. The predicted octanol–water partition coefficient (Wildman–Crippen LogP) is 6.23. The molecule has 196 valence electrons. The number of carbonyl (C=O) groups is 3. The summed E-state index contributed by atoms with van der Waals surface area (Å²) in [6, 6.07) is 19.9. The number of carboxylic acid groups (broad SMARTS) is 1. The summed E-state index contributed by atoms with van der Waals surface area (Å²) in [7, 11) is 0. The van der Waals surface area contributed by atoms with Crippen molar-refractivity contribution in [3.05, 3.63) is 101 Å². The van der Waals surface area contributed by atoms with Crippen LogP contribution in [-0.2, 0) is 11.3 Å². The van der Waals surface area contributed by atoms with Crippen LogP contribution in [0.4, 0.5) is 20.6 Å².